The molecule has 3 atom stereocenters. The standard InChI is InChI=1S/C25H28N2O5.C23H27NO3.C23H21NO.C16H15NO.C9H9NO.C7H13BrO2.CH4.ClH/c1-5-31-25(30)23(15(2)3)32-19-13-9-12-18-21(19)20(22(28)24(26)29)16(4)27(18)14-17-10-7-6-8-11-17;1-5-26-23(25)22(16(2)3)27-21-13-9-12-20-19(21)14-17(4)24(20)15-18-10-7-6-8-11-18;1-18-15-21-22(24(18)16-19-9-4-2-5-10-19)13-8-14-23(21)25-17-20-11-6-3-7-12-20;1-12-10-14-15(8-5-9-16(14)18)17(12)11-13-6-3-2-4-7-13;1-6-5-7-8(10-6)3-2-4-9(7)11;1-4-10-7(9)6(8)5(2)3;;/h6-13,15,23H,5,14H2,1-4H3,(H2,26,29);6-14,16,22H,5,15H2,1-4H3;2-15H,16-17H2,1H3;2-10,18H,11H2,1H3;2-5,10-11H,1H3;5-6H,4H2,1-3H3;1H4;1H. The summed E-state index contributed by atoms with van der Waals surface area (Å²) in [5, 5.41) is 23.7. The first-order valence-electron chi connectivity index (χ1n) is 41.7. The van der Waals surface area contributed by atoms with Crippen LogP contribution in [0.25, 0.3) is 54.5 Å². The summed E-state index contributed by atoms with van der Waals surface area (Å²) < 4.78 is 42.3. The minimum Gasteiger partial charge on any atom is -0.507 e. The largest absolute Gasteiger partial charge is 0.507 e. The molecule has 0 aliphatic heterocycles. The number of ether oxygens (including phenoxy) is 6. The molecule has 0 saturated carbocycles. The molecule has 0 aliphatic carbocycles. The van der Waals surface area contributed by atoms with Crippen LogP contribution < -0.4 is 19.9 Å². The molecule has 15 aromatic rings. The van der Waals surface area contributed by atoms with E-state index in [2.05, 4.69) is 171 Å². The van der Waals surface area contributed by atoms with Crippen LogP contribution in [0, 0.1) is 52.4 Å². The van der Waals surface area contributed by atoms with E-state index >= 15 is 0 Å². The highest BCUT2D eigenvalue weighted by molar-refractivity contribution is 9.10. The molecule has 0 saturated heterocycles. The van der Waals surface area contributed by atoms with Gasteiger partial charge in [0, 0.05) is 93.5 Å². The molecule has 5 aromatic heterocycles. The number of aryl methyl sites for hydroxylation is 4. The van der Waals surface area contributed by atoms with Gasteiger partial charge in [-0.15, -0.1) is 12.4 Å². The summed E-state index contributed by atoms with van der Waals surface area (Å²) in [5.74, 6) is -0.00311. The number of alkyl halides is 1. The van der Waals surface area contributed by atoms with Gasteiger partial charge in [0.05, 0.1) is 52.8 Å². The SMILES string of the molecule is C.CCOC(=O)C(Br)C(C)C.CCOC(=O)C(Oc1cccc2c1c(C(=O)C(N)=O)c(C)n2Cc1ccccc1)C(C)C.CCOC(=O)C(Oc1cccc2c1cc(C)n2Cc1ccccc1)C(C)C.Cc1cc2c(O)cccc2[nH]1.Cc1cc2c(O)cccc2n1Cc1ccccc1.Cc1cc2c(OCc3ccccc3)cccc2n1Cc1ccccc1.Cl. The van der Waals surface area contributed by atoms with Crippen molar-refractivity contribution in [3.63, 3.8) is 0 Å². The molecule has 10 aromatic carbocycles. The maximum absolute atomic E-state index is 12.8. The Labute approximate surface area is 748 Å². The van der Waals surface area contributed by atoms with Crippen molar-refractivity contribution in [3.8, 4) is 28.7 Å². The number of ketones is 1. The molecule has 125 heavy (non-hydrogen) atoms. The molecule has 5 heterocycles. The van der Waals surface area contributed by atoms with Crippen LogP contribution in [-0.4, -0.2) is 99.9 Å². The molecule has 21 heteroatoms. The summed E-state index contributed by atoms with van der Waals surface area (Å²) in [4.78, 5) is 63.3. The molecule has 19 nitrogen and oxygen atoms in total. The number of hydrogen-bond acceptors (Lipinski definition) is 13. The van der Waals surface area contributed by atoms with E-state index in [-0.39, 0.29) is 60.6 Å². The fourth-order valence-electron chi connectivity index (χ4n) is 14.4. The van der Waals surface area contributed by atoms with E-state index in [1.54, 1.807) is 45.0 Å². The van der Waals surface area contributed by atoms with E-state index in [1.807, 2.05) is 187 Å². The highest BCUT2D eigenvalue weighted by Gasteiger charge is 2.32. The second kappa shape index (κ2) is 47.2. The summed E-state index contributed by atoms with van der Waals surface area (Å²) in [6.45, 7) is 31.6. The first-order chi connectivity index (χ1) is 59.2. The third kappa shape index (κ3) is 25.7. The number of amides is 1. The molecule has 0 radical (unpaired) electrons. The molecule has 15 rings (SSSR count). The Morgan fingerprint density at radius 1 is 0.400 bits per heavy atom. The lowest BCUT2D eigenvalue weighted by Crippen LogP contribution is -2.34. The number of primary amides is 1. The number of carbonyl (C=O) groups is 5. The van der Waals surface area contributed by atoms with Crippen molar-refractivity contribution in [3.05, 3.63) is 329 Å². The number of rotatable bonds is 26. The smallest absolute Gasteiger partial charge is 0.347 e. The molecular weight excluding hydrogens is 1660 g/mol. The summed E-state index contributed by atoms with van der Waals surface area (Å²) in [6, 6.07) is 88.4. The number of esters is 3. The molecule has 0 aliphatic rings. The molecule has 0 bridgehead atoms. The number of nitrogens with zero attached hydrogens (tertiary/aromatic N) is 4. The molecule has 0 spiro atoms. The number of H-pyrrole nitrogens is 1. The zero-order valence-electron chi connectivity index (χ0n) is 73.1. The van der Waals surface area contributed by atoms with Crippen LogP contribution in [0.3, 0.4) is 0 Å². The number of phenols is 2. The van der Waals surface area contributed by atoms with E-state index in [4.69, 9.17) is 34.2 Å². The number of nitrogens with one attached hydrogen (secondary N) is 1. The van der Waals surface area contributed by atoms with Crippen LogP contribution in [0.1, 0.15) is 136 Å². The lowest BCUT2D eigenvalue weighted by molar-refractivity contribution is -0.154. The highest BCUT2D eigenvalue weighted by Crippen LogP contribution is 2.38. The van der Waals surface area contributed by atoms with Crippen LogP contribution in [-0.2, 0) is 66.2 Å². The maximum atomic E-state index is 12.8. The quantitative estimate of drug-likeness (QED) is 0.0130. The van der Waals surface area contributed by atoms with Crippen molar-refractivity contribution in [2.45, 2.75) is 154 Å². The van der Waals surface area contributed by atoms with E-state index in [0.29, 0.717) is 71.9 Å². The molecular formula is C104H118BrClN6O13. The minimum absolute atomic E-state index is 0. The van der Waals surface area contributed by atoms with Crippen LogP contribution in [0.2, 0.25) is 0 Å². The Hall–Kier alpha value is -12.8. The topological polar surface area (TPSA) is 243 Å². The third-order valence-corrected chi connectivity index (χ3v) is 22.2. The number of benzene rings is 10. The number of Topliss-reactive ketones (excluding diaryl/α,β-unsaturated/α-hetero) is 1. The van der Waals surface area contributed by atoms with Crippen LogP contribution in [0.15, 0.2) is 267 Å². The normalized spacial score (nSPS) is 11.5. The number of carbonyl (C=O) groups excluding carboxylic acids is 5. The monoisotopic (exact) mass is 1770 g/mol. The lowest BCUT2D eigenvalue weighted by atomic mass is 10.0. The van der Waals surface area contributed by atoms with E-state index in [0.717, 1.165) is 80.7 Å². The predicted molar refractivity (Wildman–Crippen MR) is 509 cm³/mol. The van der Waals surface area contributed by atoms with Crippen molar-refractivity contribution in [1.82, 2.24) is 23.3 Å². The number of phenolic OH excluding ortho intramolecular Hbond substituents is 2. The number of fused-ring (bicyclic) bond motifs is 5. The van der Waals surface area contributed by atoms with Crippen LogP contribution in [0.4, 0.5) is 0 Å². The number of nitrogens with two attached hydrogens (primary N) is 1. The zero-order valence-corrected chi connectivity index (χ0v) is 75.5. The fourth-order valence-corrected chi connectivity index (χ4v) is 14.6. The second-order valence-electron chi connectivity index (χ2n) is 31.0. The van der Waals surface area contributed by atoms with Crippen molar-refractivity contribution in [2.75, 3.05) is 19.8 Å². The van der Waals surface area contributed by atoms with Gasteiger partial charge < -0.3 is 67.6 Å². The average molecular weight is 1780 g/mol. The number of hydrogen-bond donors (Lipinski definition) is 4. The van der Waals surface area contributed by atoms with Gasteiger partial charge in [-0.3, -0.25) is 14.4 Å². The molecule has 1 amide bonds. The van der Waals surface area contributed by atoms with Gasteiger partial charge >= 0.3 is 17.9 Å². The minimum atomic E-state index is -1.05. The Bertz CT molecular complexity index is 6000. The second-order valence-corrected chi connectivity index (χ2v) is 32.0. The average Bonchev–Trinajstić information content (AvgIpc) is 1.60. The van der Waals surface area contributed by atoms with Crippen molar-refractivity contribution in [2.24, 2.45) is 23.5 Å². The zero-order chi connectivity index (χ0) is 88.4. The Kier molecular flexibility index (Phi) is 36.9. The van der Waals surface area contributed by atoms with Gasteiger partial charge in [0.25, 0.3) is 11.7 Å². The number of aromatic amines is 1. The van der Waals surface area contributed by atoms with E-state index in [1.165, 1.54) is 38.9 Å². The summed E-state index contributed by atoms with van der Waals surface area (Å²) in [6.07, 6.45) is -1.48. The Balaban J connectivity index is 0.000000192. The van der Waals surface area contributed by atoms with Crippen molar-refractivity contribution >= 4 is 112 Å². The summed E-state index contributed by atoms with van der Waals surface area (Å²) in [7, 11) is 0. The van der Waals surface area contributed by atoms with Gasteiger partial charge in [-0.05, 0) is 174 Å². The summed E-state index contributed by atoms with van der Waals surface area (Å²) in [5.41, 5.74) is 21.9. The van der Waals surface area contributed by atoms with Gasteiger partial charge in [-0.1, -0.05) is 247 Å². The number of halogens is 2. The Morgan fingerprint density at radius 3 is 1.17 bits per heavy atom. The predicted octanol–water partition coefficient (Wildman–Crippen LogP) is 23.1. The van der Waals surface area contributed by atoms with E-state index in [9.17, 15) is 34.2 Å². The molecule has 5 N–H and O–H groups in total. The number of aromatic nitrogens is 5. The van der Waals surface area contributed by atoms with Gasteiger partial charge in [-0.25, -0.2) is 9.59 Å². The first kappa shape index (κ1) is 97.7. The summed E-state index contributed by atoms with van der Waals surface area (Å²) >= 11 is 3.23. The van der Waals surface area contributed by atoms with Gasteiger partial charge in [0.15, 0.2) is 12.2 Å². The van der Waals surface area contributed by atoms with Gasteiger partial charge in [0.1, 0.15) is 40.2 Å². The Morgan fingerprint density at radius 2 is 0.752 bits per heavy atom. The van der Waals surface area contributed by atoms with Gasteiger partial charge in [0.2, 0.25) is 0 Å². The van der Waals surface area contributed by atoms with Crippen molar-refractivity contribution in [1.29, 1.82) is 0 Å². The first-order valence-corrected chi connectivity index (χ1v) is 42.6. The van der Waals surface area contributed by atoms with Crippen LogP contribution in [0.5, 0.6) is 28.7 Å². The highest BCUT2D eigenvalue weighted by atomic mass is 79.9. The number of aromatic hydroxyl groups is 2. The lowest BCUT2D eigenvalue weighted by Gasteiger charge is -2.21. The van der Waals surface area contributed by atoms with E-state index < -0.39 is 29.9 Å². The molecule has 0 fully saturated rings. The molecule has 656 valence electrons. The fraction of sp³-hybridized carbons (Fsp3) is 0.279. The van der Waals surface area contributed by atoms with Gasteiger partial charge in [-0.2, -0.15) is 0 Å². The van der Waals surface area contributed by atoms with Crippen LogP contribution >= 0.6 is 28.3 Å². The third-order valence-electron chi connectivity index (χ3n) is 20.7. The molecule has 3 unspecified atom stereocenters. The maximum Gasteiger partial charge on any atom is 0.347 e. The van der Waals surface area contributed by atoms with Crippen molar-refractivity contribution < 1.29 is 62.6 Å².